The number of amides is 2. The Kier molecular flexibility index (Phi) is 7.23. The molecule has 2 amide bonds. The summed E-state index contributed by atoms with van der Waals surface area (Å²) in [4.78, 5) is 23.9. The summed E-state index contributed by atoms with van der Waals surface area (Å²) < 4.78 is 4.84. The number of nitrogens with one attached hydrogen (secondary N) is 3. The molecule has 0 aliphatic carbocycles. The van der Waals surface area contributed by atoms with Crippen molar-refractivity contribution in [2.45, 2.75) is 39.7 Å². The van der Waals surface area contributed by atoms with Crippen LogP contribution in [0.1, 0.15) is 39.2 Å². The van der Waals surface area contributed by atoms with Gasteiger partial charge < -0.3 is 15.4 Å². The summed E-state index contributed by atoms with van der Waals surface area (Å²) >= 11 is 0. The predicted octanol–water partition coefficient (Wildman–Crippen LogP) is 4.82. The second-order valence-electron chi connectivity index (χ2n) is 6.52. The maximum Gasteiger partial charge on any atom is 0.411 e. The Morgan fingerprint density at radius 2 is 1.56 bits per heavy atom. The van der Waals surface area contributed by atoms with Crippen molar-refractivity contribution in [1.82, 2.24) is 0 Å². The standard InChI is InChI=1S/C21H27N3O3/c1-5-27-21(26)23-17-12-10-16(11-13-17)22-15(4)20(25)24-19-9-7-6-8-18(19)14(2)3/h6-15,22H,5H2,1-4H3,(H,23,26)(H,24,25). The summed E-state index contributed by atoms with van der Waals surface area (Å²) in [5, 5.41) is 8.78. The number of carbonyl (C=O) groups is 2. The van der Waals surface area contributed by atoms with Gasteiger partial charge in [0.1, 0.15) is 6.04 Å². The maximum absolute atomic E-state index is 12.5. The third-order valence-electron chi connectivity index (χ3n) is 4.02. The van der Waals surface area contributed by atoms with Gasteiger partial charge in [0, 0.05) is 17.1 Å². The number of rotatable bonds is 7. The summed E-state index contributed by atoms with van der Waals surface area (Å²) in [6.07, 6.45) is -0.491. The molecule has 6 heteroatoms. The zero-order chi connectivity index (χ0) is 19.8. The second kappa shape index (κ2) is 9.62. The zero-order valence-corrected chi connectivity index (χ0v) is 16.2. The molecule has 0 spiro atoms. The molecule has 144 valence electrons. The van der Waals surface area contributed by atoms with Gasteiger partial charge in [-0.15, -0.1) is 0 Å². The van der Waals surface area contributed by atoms with Crippen molar-refractivity contribution in [3.8, 4) is 0 Å². The smallest absolute Gasteiger partial charge is 0.411 e. The van der Waals surface area contributed by atoms with Gasteiger partial charge in [0.2, 0.25) is 5.91 Å². The molecule has 0 saturated heterocycles. The lowest BCUT2D eigenvalue weighted by molar-refractivity contribution is -0.116. The van der Waals surface area contributed by atoms with Crippen molar-refractivity contribution in [2.24, 2.45) is 0 Å². The lowest BCUT2D eigenvalue weighted by Crippen LogP contribution is -2.32. The summed E-state index contributed by atoms with van der Waals surface area (Å²) in [6.45, 7) is 8.06. The molecule has 0 bridgehead atoms. The van der Waals surface area contributed by atoms with Crippen LogP contribution >= 0.6 is 0 Å². The average molecular weight is 369 g/mol. The lowest BCUT2D eigenvalue weighted by Gasteiger charge is -2.18. The average Bonchev–Trinajstić information content (AvgIpc) is 2.63. The Labute approximate surface area is 160 Å². The number of benzene rings is 2. The van der Waals surface area contributed by atoms with Gasteiger partial charge in [0.15, 0.2) is 0 Å². The van der Waals surface area contributed by atoms with E-state index in [1.54, 1.807) is 38.1 Å². The molecule has 0 aromatic heterocycles. The summed E-state index contributed by atoms with van der Waals surface area (Å²) in [5.41, 5.74) is 3.35. The van der Waals surface area contributed by atoms with Crippen LogP contribution in [-0.2, 0) is 9.53 Å². The Bertz CT molecular complexity index is 772. The largest absolute Gasteiger partial charge is 0.450 e. The highest BCUT2D eigenvalue weighted by Gasteiger charge is 2.15. The van der Waals surface area contributed by atoms with E-state index in [1.807, 2.05) is 24.3 Å². The van der Waals surface area contributed by atoms with E-state index in [2.05, 4.69) is 29.8 Å². The van der Waals surface area contributed by atoms with Gasteiger partial charge in [-0.3, -0.25) is 10.1 Å². The SMILES string of the molecule is CCOC(=O)Nc1ccc(NC(C)C(=O)Nc2ccccc2C(C)C)cc1. The fourth-order valence-corrected chi connectivity index (χ4v) is 2.61. The quantitative estimate of drug-likeness (QED) is 0.654. The van der Waals surface area contributed by atoms with E-state index in [0.717, 1.165) is 16.9 Å². The first kappa shape index (κ1) is 20.3. The highest BCUT2D eigenvalue weighted by molar-refractivity contribution is 5.97. The van der Waals surface area contributed by atoms with E-state index in [-0.39, 0.29) is 5.91 Å². The van der Waals surface area contributed by atoms with Crippen molar-refractivity contribution < 1.29 is 14.3 Å². The van der Waals surface area contributed by atoms with Gasteiger partial charge in [-0.1, -0.05) is 32.0 Å². The van der Waals surface area contributed by atoms with Gasteiger partial charge in [0.25, 0.3) is 0 Å². The highest BCUT2D eigenvalue weighted by atomic mass is 16.5. The molecule has 2 aromatic rings. The first-order valence-corrected chi connectivity index (χ1v) is 9.10. The monoisotopic (exact) mass is 369 g/mol. The van der Waals surface area contributed by atoms with Crippen LogP contribution in [0.2, 0.25) is 0 Å². The van der Waals surface area contributed by atoms with Crippen LogP contribution < -0.4 is 16.0 Å². The maximum atomic E-state index is 12.5. The van der Waals surface area contributed by atoms with Crippen LogP contribution in [0.25, 0.3) is 0 Å². The molecule has 0 fully saturated rings. The molecular weight excluding hydrogens is 342 g/mol. The van der Waals surface area contributed by atoms with E-state index in [0.29, 0.717) is 18.2 Å². The van der Waals surface area contributed by atoms with Crippen molar-refractivity contribution in [1.29, 1.82) is 0 Å². The van der Waals surface area contributed by atoms with Crippen molar-refractivity contribution in [3.05, 3.63) is 54.1 Å². The molecular formula is C21H27N3O3. The molecule has 0 saturated carbocycles. The molecule has 27 heavy (non-hydrogen) atoms. The van der Waals surface area contributed by atoms with E-state index >= 15 is 0 Å². The summed E-state index contributed by atoms with van der Waals surface area (Å²) in [5.74, 6) is 0.209. The second-order valence-corrected chi connectivity index (χ2v) is 6.52. The lowest BCUT2D eigenvalue weighted by atomic mass is 10.0. The predicted molar refractivity (Wildman–Crippen MR) is 109 cm³/mol. The van der Waals surface area contributed by atoms with E-state index < -0.39 is 12.1 Å². The minimum Gasteiger partial charge on any atom is -0.450 e. The number of anilines is 3. The van der Waals surface area contributed by atoms with Crippen LogP contribution in [-0.4, -0.2) is 24.6 Å². The highest BCUT2D eigenvalue weighted by Crippen LogP contribution is 2.24. The molecule has 3 N–H and O–H groups in total. The van der Waals surface area contributed by atoms with Gasteiger partial charge in [-0.05, 0) is 55.7 Å². The third-order valence-corrected chi connectivity index (χ3v) is 4.02. The number of hydrogen-bond donors (Lipinski definition) is 3. The molecule has 0 aliphatic rings. The Morgan fingerprint density at radius 1 is 0.926 bits per heavy atom. The molecule has 2 rings (SSSR count). The van der Waals surface area contributed by atoms with E-state index in [9.17, 15) is 9.59 Å². The topological polar surface area (TPSA) is 79.5 Å². The number of ether oxygens (including phenoxy) is 1. The number of carbonyl (C=O) groups excluding carboxylic acids is 2. The minimum absolute atomic E-state index is 0.114. The molecule has 0 aliphatic heterocycles. The van der Waals surface area contributed by atoms with E-state index in [4.69, 9.17) is 4.74 Å². The van der Waals surface area contributed by atoms with Crippen LogP contribution in [0.15, 0.2) is 48.5 Å². The van der Waals surface area contributed by atoms with Gasteiger partial charge >= 0.3 is 6.09 Å². The van der Waals surface area contributed by atoms with Gasteiger partial charge in [-0.25, -0.2) is 4.79 Å². The van der Waals surface area contributed by atoms with Crippen LogP contribution in [0.5, 0.6) is 0 Å². The zero-order valence-electron chi connectivity index (χ0n) is 16.2. The molecule has 6 nitrogen and oxygen atoms in total. The van der Waals surface area contributed by atoms with E-state index in [1.165, 1.54) is 0 Å². The summed E-state index contributed by atoms with van der Waals surface area (Å²) in [7, 11) is 0. The fourth-order valence-electron chi connectivity index (χ4n) is 2.61. The molecule has 0 radical (unpaired) electrons. The van der Waals surface area contributed by atoms with Crippen LogP contribution in [0.3, 0.4) is 0 Å². The van der Waals surface area contributed by atoms with Crippen LogP contribution in [0.4, 0.5) is 21.9 Å². The van der Waals surface area contributed by atoms with Crippen molar-refractivity contribution in [3.63, 3.8) is 0 Å². The van der Waals surface area contributed by atoms with Gasteiger partial charge in [0.05, 0.1) is 6.61 Å². The van der Waals surface area contributed by atoms with Crippen molar-refractivity contribution >= 4 is 29.1 Å². The van der Waals surface area contributed by atoms with Crippen LogP contribution in [0, 0.1) is 0 Å². The summed E-state index contributed by atoms with van der Waals surface area (Å²) in [6, 6.07) is 14.5. The Balaban J connectivity index is 1.95. The Morgan fingerprint density at radius 3 is 2.19 bits per heavy atom. The number of hydrogen-bond acceptors (Lipinski definition) is 4. The minimum atomic E-state index is -0.491. The first-order valence-electron chi connectivity index (χ1n) is 9.10. The third kappa shape index (κ3) is 6.02. The molecule has 1 unspecified atom stereocenters. The van der Waals surface area contributed by atoms with Gasteiger partial charge in [-0.2, -0.15) is 0 Å². The number of para-hydroxylation sites is 1. The molecule has 1 atom stereocenters. The normalized spacial score (nSPS) is 11.6. The Hall–Kier alpha value is -3.02. The molecule has 2 aromatic carbocycles. The van der Waals surface area contributed by atoms with Crippen molar-refractivity contribution in [2.75, 3.05) is 22.6 Å². The molecule has 0 heterocycles. The first-order chi connectivity index (χ1) is 12.9. The fraction of sp³-hybridized carbons (Fsp3) is 0.333.